The molecule has 2 N–H and O–H groups in total. The third-order valence-electron chi connectivity index (χ3n) is 4.79. The molecular formula is C17H23ClF3N3O. The molecule has 1 fully saturated rings. The van der Waals surface area contributed by atoms with Crippen molar-refractivity contribution in [1.82, 2.24) is 15.5 Å². The summed E-state index contributed by atoms with van der Waals surface area (Å²) >= 11 is 0. The van der Waals surface area contributed by atoms with Crippen molar-refractivity contribution in [3.8, 4) is 0 Å². The Morgan fingerprint density at radius 2 is 1.88 bits per heavy atom. The second-order valence-electron chi connectivity index (χ2n) is 6.39. The van der Waals surface area contributed by atoms with E-state index in [1.165, 1.54) is 10.5 Å². The molecule has 2 aliphatic rings. The number of aryl methyl sites for hydroxylation is 2. The van der Waals surface area contributed by atoms with Gasteiger partial charge in [-0.05, 0) is 42.5 Å². The average Bonchev–Trinajstić information content (AvgIpc) is 3.02. The SMILES string of the molecule is Cl.O=C(NCC(N1CCNCC1)C(F)(F)F)c1ccc2c(c1)CCC2. The van der Waals surface area contributed by atoms with Crippen molar-refractivity contribution >= 4 is 18.3 Å². The number of benzene rings is 1. The molecule has 1 aliphatic carbocycles. The maximum absolute atomic E-state index is 13.3. The van der Waals surface area contributed by atoms with Gasteiger partial charge in [-0.1, -0.05) is 6.07 Å². The standard InChI is InChI=1S/C17H22F3N3O.ClH/c18-17(19,20)15(23-8-6-21-7-9-23)11-22-16(24)14-5-4-12-2-1-3-13(12)10-14;/h4-5,10,15,21H,1-3,6-9,11H2,(H,22,24);1H. The highest BCUT2D eigenvalue weighted by Gasteiger charge is 2.43. The summed E-state index contributed by atoms with van der Waals surface area (Å²) in [4.78, 5) is 13.6. The first-order chi connectivity index (χ1) is 11.4. The van der Waals surface area contributed by atoms with Crippen LogP contribution >= 0.6 is 12.4 Å². The Morgan fingerprint density at radius 1 is 1.20 bits per heavy atom. The fourth-order valence-electron chi connectivity index (χ4n) is 3.45. The zero-order chi connectivity index (χ0) is 17.2. The van der Waals surface area contributed by atoms with Gasteiger partial charge in [0.1, 0.15) is 6.04 Å². The van der Waals surface area contributed by atoms with Gasteiger partial charge in [-0.3, -0.25) is 9.69 Å². The Morgan fingerprint density at radius 3 is 2.56 bits per heavy atom. The van der Waals surface area contributed by atoms with E-state index in [1.54, 1.807) is 6.07 Å². The lowest BCUT2D eigenvalue weighted by Crippen LogP contribution is -2.57. The van der Waals surface area contributed by atoms with Crippen LogP contribution in [0.3, 0.4) is 0 Å². The third-order valence-corrected chi connectivity index (χ3v) is 4.79. The molecule has 1 heterocycles. The molecule has 1 saturated heterocycles. The van der Waals surface area contributed by atoms with E-state index in [4.69, 9.17) is 0 Å². The summed E-state index contributed by atoms with van der Waals surface area (Å²) in [6.07, 6.45) is -1.35. The molecule has 0 spiro atoms. The molecule has 1 unspecified atom stereocenters. The minimum Gasteiger partial charge on any atom is -0.350 e. The molecule has 0 saturated carbocycles. The van der Waals surface area contributed by atoms with E-state index in [9.17, 15) is 18.0 Å². The van der Waals surface area contributed by atoms with Gasteiger partial charge in [0.25, 0.3) is 5.91 Å². The Balaban J connectivity index is 0.00000225. The molecule has 8 heteroatoms. The highest BCUT2D eigenvalue weighted by molar-refractivity contribution is 5.94. The van der Waals surface area contributed by atoms with Crippen LogP contribution in [-0.2, 0) is 12.8 Å². The van der Waals surface area contributed by atoms with E-state index < -0.39 is 24.7 Å². The van der Waals surface area contributed by atoms with Crippen molar-refractivity contribution in [3.63, 3.8) is 0 Å². The summed E-state index contributed by atoms with van der Waals surface area (Å²) in [7, 11) is 0. The summed E-state index contributed by atoms with van der Waals surface area (Å²) in [5.74, 6) is -0.436. The van der Waals surface area contributed by atoms with Gasteiger partial charge in [0.05, 0.1) is 0 Å². The lowest BCUT2D eigenvalue weighted by Gasteiger charge is -2.35. The number of amides is 1. The first kappa shape index (κ1) is 20.0. The Labute approximate surface area is 151 Å². The molecule has 0 bridgehead atoms. The second kappa shape index (κ2) is 8.38. The molecule has 1 aromatic carbocycles. The monoisotopic (exact) mass is 377 g/mol. The van der Waals surface area contributed by atoms with Crippen LogP contribution in [0.15, 0.2) is 18.2 Å². The van der Waals surface area contributed by atoms with Gasteiger partial charge in [-0.2, -0.15) is 13.2 Å². The third kappa shape index (κ3) is 4.86. The fourth-order valence-corrected chi connectivity index (χ4v) is 3.45. The van der Waals surface area contributed by atoms with Crippen molar-refractivity contribution in [1.29, 1.82) is 0 Å². The molecule has 1 aromatic rings. The molecule has 1 aliphatic heterocycles. The van der Waals surface area contributed by atoms with Crippen LogP contribution in [0.1, 0.15) is 27.9 Å². The second-order valence-corrected chi connectivity index (χ2v) is 6.39. The molecule has 4 nitrogen and oxygen atoms in total. The van der Waals surface area contributed by atoms with Crippen LogP contribution in [0.5, 0.6) is 0 Å². The van der Waals surface area contributed by atoms with Crippen molar-refractivity contribution in [2.24, 2.45) is 0 Å². The maximum atomic E-state index is 13.3. The zero-order valence-corrected chi connectivity index (χ0v) is 14.7. The van der Waals surface area contributed by atoms with E-state index in [2.05, 4.69) is 10.6 Å². The quantitative estimate of drug-likeness (QED) is 0.845. The summed E-state index contributed by atoms with van der Waals surface area (Å²) in [5.41, 5.74) is 2.81. The van der Waals surface area contributed by atoms with Gasteiger partial charge in [-0.25, -0.2) is 0 Å². The van der Waals surface area contributed by atoms with E-state index in [0.717, 1.165) is 24.8 Å². The highest BCUT2D eigenvalue weighted by atomic mass is 35.5. The predicted molar refractivity (Wildman–Crippen MR) is 92.3 cm³/mol. The Bertz CT molecular complexity index is 603. The number of rotatable bonds is 4. The van der Waals surface area contributed by atoms with Gasteiger partial charge in [0.2, 0.25) is 0 Å². The van der Waals surface area contributed by atoms with Gasteiger partial charge < -0.3 is 10.6 Å². The van der Waals surface area contributed by atoms with Gasteiger partial charge >= 0.3 is 6.18 Å². The number of hydrogen-bond donors (Lipinski definition) is 2. The van der Waals surface area contributed by atoms with E-state index >= 15 is 0 Å². The normalized spacial score (nSPS) is 19.0. The number of alkyl halides is 3. The van der Waals surface area contributed by atoms with E-state index in [0.29, 0.717) is 31.7 Å². The predicted octanol–water partition coefficient (Wildman–Crippen LogP) is 2.16. The van der Waals surface area contributed by atoms with Crippen LogP contribution in [0, 0.1) is 0 Å². The van der Waals surface area contributed by atoms with Crippen molar-refractivity contribution in [2.45, 2.75) is 31.5 Å². The molecular weight excluding hydrogens is 355 g/mol. The number of halogens is 4. The number of carbonyl (C=O) groups excluding carboxylic acids is 1. The van der Waals surface area contributed by atoms with Crippen LogP contribution in [0.25, 0.3) is 0 Å². The van der Waals surface area contributed by atoms with E-state index in [1.807, 2.05) is 12.1 Å². The lowest BCUT2D eigenvalue weighted by molar-refractivity contribution is -0.183. The van der Waals surface area contributed by atoms with Crippen LogP contribution in [0.2, 0.25) is 0 Å². The Kier molecular flexibility index (Phi) is 6.71. The summed E-state index contributed by atoms with van der Waals surface area (Å²) in [6, 6.07) is 3.78. The first-order valence-electron chi connectivity index (χ1n) is 8.36. The molecule has 1 amide bonds. The van der Waals surface area contributed by atoms with Crippen LogP contribution in [-0.4, -0.2) is 55.7 Å². The van der Waals surface area contributed by atoms with Crippen LogP contribution in [0.4, 0.5) is 13.2 Å². The van der Waals surface area contributed by atoms with Crippen LogP contribution < -0.4 is 10.6 Å². The fraction of sp³-hybridized carbons (Fsp3) is 0.588. The lowest BCUT2D eigenvalue weighted by atomic mass is 10.1. The molecule has 1 atom stereocenters. The number of nitrogens with zero attached hydrogens (tertiary/aromatic N) is 1. The highest BCUT2D eigenvalue weighted by Crippen LogP contribution is 2.25. The Hall–Kier alpha value is -1.31. The minimum atomic E-state index is -4.36. The van der Waals surface area contributed by atoms with E-state index in [-0.39, 0.29) is 12.4 Å². The summed E-state index contributed by atoms with van der Waals surface area (Å²) in [6.45, 7) is 1.31. The topological polar surface area (TPSA) is 44.4 Å². The smallest absolute Gasteiger partial charge is 0.350 e. The van der Waals surface area contributed by atoms with Gasteiger partial charge in [0, 0.05) is 38.3 Å². The summed E-state index contributed by atoms with van der Waals surface area (Å²) < 4.78 is 40.0. The molecule has 0 aromatic heterocycles. The zero-order valence-electron chi connectivity index (χ0n) is 13.9. The number of hydrogen-bond acceptors (Lipinski definition) is 3. The molecule has 140 valence electrons. The molecule has 3 rings (SSSR count). The molecule has 0 radical (unpaired) electrons. The largest absolute Gasteiger partial charge is 0.405 e. The van der Waals surface area contributed by atoms with Crippen molar-refractivity contribution in [2.75, 3.05) is 32.7 Å². The van der Waals surface area contributed by atoms with Gasteiger partial charge in [-0.15, -0.1) is 12.4 Å². The molecule has 25 heavy (non-hydrogen) atoms. The van der Waals surface area contributed by atoms with Gasteiger partial charge in [0.15, 0.2) is 0 Å². The summed E-state index contributed by atoms with van der Waals surface area (Å²) in [5, 5.41) is 5.51. The number of fused-ring (bicyclic) bond motifs is 1. The van der Waals surface area contributed by atoms with Crippen molar-refractivity contribution < 1.29 is 18.0 Å². The number of nitrogens with one attached hydrogen (secondary N) is 2. The maximum Gasteiger partial charge on any atom is 0.405 e. The van der Waals surface area contributed by atoms with Crippen molar-refractivity contribution in [3.05, 3.63) is 34.9 Å². The first-order valence-corrected chi connectivity index (χ1v) is 8.36. The minimum absolute atomic E-state index is 0. The number of carbonyl (C=O) groups is 1. The average molecular weight is 378 g/mol. The number of piperazine rings is 1.